The largest absolute Gasteiger partial charge is 0.480 e. The Bertz CT molecular complexity index is 437. The van der Waals surface area contributed by atoms with Crippen LogP contribution in [0, 0.1) is 11.6 Å². The molecule has 0 aromatic heterocycles. The second-order valence-electron chi connectivity index (χ2n) is 4.49. The molecule has 0 bridgehead atoms. The zero-order chi connectivity index (χ0) is 13.8. The maximum absolute atomic E-state index is 13.0. The third kappa shape index (κ3) is 3.50. The zero-order valence-electron chi connectivity index (χ0n) is 10.5. The minimum atomic E-state index is -1.06. The van der Waals surface area contributed by atoms with Crippen molar-refractivity contribution in [2.24, 2.45) is 0 Å². The predicted octanol–water partition coefficient (Wildman–Crippen LogP) is 2.70. The van der Waals surface area contributed by atoms with Crippen LogP contribution in [-0.2, 0) is 11.3 Å². The lowest BCUT2D eigenvalue weighted by Gasteiger charge is -2.26. The second-order valence-corrected chi connectivity index (χ2v) is 4.49. The number of nitrogens with one attached hydrogen (secondary N) is 1. The first-order valence-electron chi connectivity index (χ1n) is 5.81. The lowest BCUT2D eigenvalue weighted by Crippen LogP contribution is -2.48. The Morgan fingerprint density at radius 3 is 2.56 bits per heavy atom. The number of carbonyl (C=O) groups is 1. The molecule has 2 N–H and O–H groups in total. The molecule has 1 aromatic rings. The van der Waals surface area contributed by atoms with Gasteiger partial charge in [0.05, 0.1) is 0 Å². The van der Waals surface area contributed by atoms with Crippen molar-refractivity contribution in [1.29, 1.82) is 0 Å². The van der Waals surface area contributed by atoms with Crippen LogP contribution in [-0.4, -0.2) is 16.6 Å². The van der Waals surface area contributed by atoms with Crippen molar-refractivity contribution in [3.63, 3.8) is 0 Å². The van der Waals surface area contributed by atoms with Crippen LogP contribution in [0.4, 0.5) is 8.78 Å². The first-order chi connectivity index (χ1) is 8.39. The molecule has 0 amide bonds. The molecule has 0 aliphatic heterocycles. The zero-order valence-corrected chi connectivity index (χ0v) is 10.5. The Morgan fingerprint density at radius 1 is 1.39 bits per heavy atom. The summed E-state index contributed by atoms with van der Waals surface area (Å²) in [6.07, 6.45) is 1.18. The molecule has 0 saturated carbocycles. The molecule has 0 heterocycles. The number of rotatable bonds is 6. The molecular formula is C13H17F2NO2. The van der Waals surface area contributed by atoms with Gasteiger partial charge < -0.3 is 5.11 Å². The molecule has 0 fully saturated rings. The van der Waals surface area contributed by atoms with Gasteiger partial charge in [-0.2, -0.15) is 0 Å². The molecule has 3 nitrogen and oxygen atoms in total. The minimum Gasteiger partial charge on any atom is -0.480 e. The van der Waals surface area contributed by atoms with Crippen LogP contribution in [0.25, 0.3) is 0 Å². The molecule has 1 aromatic carbocycles. The molecule has 18 heavy (non-hydrogen) atoms. The molecule has 0 aliphatic rings. The van der Waals surface area contributed by atoms with Gasteiger partial charge in [0.1, 0.15) is 5.54 Å². The van der Waals surface area contributed by atoms with E-state index in [4.69, 9.17) is 5.11 Å². The number of carboxylic acid groups (broad SMARTS) is 1. The Balaban J connectivity index is 2.73. The number of halogens is 2. The van der Waals surface area contributed by atoms with Crippen molar-refractivity contribution < 1.29 is 18.7 Å². The molecule has 1 atom stereocenters. The number of hydrogen-bond donors (Lipinski definition) is 2. The van der Waals surface area contributed by atoms with E-state index >= 15 is 0 Å². The summed E-state index contributed by atoms with van der Waals surface area (Å²) in [4.78, 5) is 11.2. The van der Waals surface area contributed by atoms with Gasteiger partial charge in [0, 0.05) is 6.54 Å². The summed E-state index contributed by atoms with van der Waals surface area (Å²) in [5.74, 6) is -2.79. The summed E-state index contributed by atoms with van der Waals surface area (Å²) in [7, 11) is 0. The van der Waals surface area contributed by atoms with E-state index in [1.54, 1.807) is 6.92 Å². The lowest BCUT2D eigenvalue weighted by atomic mass is 9.96. The smallest absolute Gasteiger partial charge is 0.323 e. The van der Waals surface area contributed by atoms with Gasteiger partial charge in [-0.05, 0) is 31.0 Å². The van der Waals surface area contributed by atoms with Crippen molar-refractivity contribution in [2.75, 3.05) is 0 Å². The standard InChI is InChI=1S/C13H17F2NO2/c1-3-6-13(2,12(17)18)16-8-9-4-5-10(14)11(15)7-9/h4-5,7,16H,3,6,8H2,1-2H3,(H,17,18). The molecule has 0 saturated heterocycles. The fraction of sp³-hybridized carbons (Fsp3) is 0.462. The van der Waals surface area contributed by atoms with Crippen LogP contribution in [0.15, 0.2) is 18.2 Å². The Labute approximate surface area is 105 Å². The van der Waals surface area contributed by atoms with Gasteiger partial charge in [-0.25, -0.2) is 8.78 Å². The monoisotopic (exact) mass is 257 g/mol. The minimum absolute atomic E-state index is 0.181. The van der Waals surface area contributed by atoms with Crippen molar-refractivity contribution in [3.8, 4) is 0 Å². The maximum Gasteiger partial charge on any atom is 0.323 e. The Hall–Kier alpha value is -1.49. The number of carboxylic acids is 1. The Morgan fingerprint density at radius 2 is 2.06 bits per heavy atom. The van der Waals surface area contributed by atoms with Gasteiger partial charge in [-0.15, -0.1) is 0 Å². The highest BCUT2D eigenvalue weighted by molar-refractivity contribution is 5.78. The summed E-state index contributed by atoms with van der Waals surface area (Å²) in [6.45, 7) is 3.65. The number of benzene rings is 1. The molecular weight excluding hydrogens is 240 g/mol. The average molecular weight is 257 g/mol. The second kappa shape index (κ2) is 5.91. The molecule has 0 radical (unpaired) electrons. The summed E-state index contributed by atoms with van der Waals surface area (Å²) in [5.41, 5.74) is -0.544. The highest BCUT2D eigenvalue weighted by atomic mass is 19.2. The number of aliphatic carboxylic acids is 1. The van der Waals surface area contributed by atoms with Gasteiger partial charge in [-0.3, -0.25) is 10.1 Å². The molecule has 5 heteroatoms. The van der Waals surface area contributed by atoms with Crippen molar-refractivity contribution in [2.45, 2.75) is 38.8 Å². The van der Waals surface area contributed by atoms with E-state index < -0.39 is 23.1 Å². The van der Waals surface area contributed by atoms with Crippen molar-refractivity contribution >= 4 is 5.97 Å². The third-order valence-electron chi connectivity index (χ3n) is 2.89. The van der Waals surface area contributed by atoms with Gasteiger partial charge in [0.2, 0.25) is 0 Å². The van der Waals surface area contributed by atoms with E-state index in [-0.39, 0.29) is 6.54 Å². The molecule has 0 spiro atoms. The van der Waals surface area contributed by atoms with E-state index in [2.05, 4.69) is 5.32 Å². The first kappa shape index (κ1) is 14.6. The lowest BCUT2D eigenvalue weighted by molar-refractivity contribution is -0.144. The fourth-order valence-electron chi connectivity index (χ4n) is 1.72. The molecule has 1 rings (SSSR count). The SMILES string of the molecule is CCCC(C)(NCc1ccc(F)c(F)c1)C(=O)O. The van der Waals surface area contributed by atoms with Crippen LogP contribution < -0.4 is 5.32 Å². The van der Waals surface area contributed by atoms with E-state index in [0.29, 0.717) is 18.4 Å². The summed E-state index contributed by atoms with van der Waals surface area (Å²) < 4.78 is 25.7. The van der Waals surface area contributed by atoms with Crippen molar-refractivity contribution in [3.05, 3.63) is 35.4 Å². The van der Waals surface area contributed by atoms with Crippen molar-refractivity contribution in [1.82, 2.24) is 5.32 Å². The highest BCUT2D eigenvalue weighted by Gasteiger charge is 2.31. The van der Waals surface area contributed by atoms with Crippen LogP contribution in [0.3, 0.4) is 0 Å². The van der Waals surface area contributed by atoms with Crippen LogP contribution in [0.5, 0.6) is 0 Å². The van der Waals surface area contributed by atoms with Gasteiger partial charge in [0.25, 0.3) is 0 Å². The van der Waals surface area contributed by atoms with E-state index in [9.17, 15) is 13.6 Å². The first-order valence-corrected chi connectivity index (χ1v) is 5.81. The quantitative estimate of drug-likeness (QED) is 0.823. The average Bonchev–Trinajstić information content (AvgIpc) is 2.31. The maximum atomic E-state index is 13.0. The van der Waals surface area contributed by atoms with E-state index in [0.717, 1.165) is 12.1 Å². The third-order valence-corrected chi connectivity index (χ3v) is 2.89. The topological polar surface area (TPSA) is 49.3 Å². The molecule has 100 valence electrons. The van der Waals surface area contributed by atoms with E-state index in [1.807, 2.05) is 6.92 Å². The predicted molar refractivity (Wildman–Crippen MR) is 64.1 cm³/mol. The molecule has 0 aliphatic carbocycles. The summed E-state index contributed by atoms with van der Waals surface area (Å²) >= 11 is 0. The molecule has 1 unspecified atom stereocenters. The van der Waals surface area contributed by atoms with Crippen LogP contribution in [0.1, 0.15) is 32.3 Å². The van der Waals surface area contributed by atoms with E-state index in [1.165, 1.54) is 6.07 Å². The fourth-order valence-corrected chi connectivity index (χ4v) is 1.72. The normalized spacial score (nSPS) is 14.2. The summed E-state index contributed by atoms with van der Waals surface area (Å²) in [5, 5.41) is 12.0. The summed E-state index contributed by atoms with van der Waals surface area (Å²) in [6, 6.07) is 3.53. The van der Waals surface area contributed by atoms with Crippen LogP contribution in [0.2, 0.25) is 0 Å². The van der Waals surface area contributed by atoms with Gasteiger partial charge in [-0.1, -0.05) is 19.4 Å². The number of hydrogen-bond acceptors (Lipinski definition) is 2. The van der Waals surface area contributed by atoms with Gasteiger partial charge in [0.15, 0.2) is 11.6 Å². The van der Waals surface area contributed by atoms with Crippen LogP contribution >= 0.6 is 0 Å². The highest BCUT2D eigenvalue weighted by Crippen LogP contribution is 2.15. The Kier molecular flexibility index (Phi) is 4.78. The van der Waals surface area contributed by atoms with Gasteiger partial charge >= 0.3 is 5.97 Å².